The van der Waals surface area contributed by atoms with Crippen LogP contribution in [-0.4, -0.2) is 88.5 Å². The van der Waals surface area contributed by atoms with Gasteiger partial charge in [-0.25, -0.2) is 9.78 Å². The number of likely N-dealkylation sites (N-methyl/N-ethyl adjacent to an activating group) is 1. The first kappa shape index (κ1) is 37.0. The van der Waals surface area contributed by atoms with Crippen LogP contribution in [0.1, 0.15) is 38.8 Å². The summed E-state index contributed by atoms with van der Waals surface area (Å²) in [7, 11) is 3.77. The van der Waals surface area contributed by atoms with Gasteiger partial charge in [0.15, 0.2) is 29.8 Å². The zero-order valence-electron chi connectivity index (χ0n) is 26.5. The van der Waals surface area contributed by atoms with E-state index in [4.69, 9.17) is 18.9 Å². The molecule has 0 bridgehead atoms. The Bertz CT molecular complexity index is 1670. The highest BCUT2D eigenvalue weighted by molar-refractivity contribution is 5.81. The van der Waals surface area contributed by atoms with Crippen LogP contribution in [0, 0.1) is 13.8 Å². The molecule has 45 heavy (non-hydrogen) atoms. The second-order valence-corrected chi connectivity index (χ2v) is 10.8. The van der Waals surface area contributed by atoms with E-state index in [1.807, 2.05) is 27.9 Å². The van der Waals surface area contributed by atoms with Crippen LogP contribution in [-0.2, 0) is 51.2 Å². The molecule has 246 valence electrons. The number of ether oxygens (including phenoxy) is 4. The van der Waals surface area contributed by atoms with Crippen molar-refractivity contribution in [2.45, 2.75) is 72.9 Å². The molecule has 0 aromatic heterocycles. The molecular weight excluding hydrogens is 658 g/mol. The molecular formula is C29H38BrN5O10. The highest BCUT2D eigenvalue weighted by Gasteiger charge is 2.39. The minimum absolute atomic E-state index is 0. The predicted molar refractivity (Wildman–Crippen MR) is 155 cm³/mol. The van der Waals surface area contributed by atoms with E-state index in [0.29, 0.717) is 17.6 Å². The number of halogens is 1. The molecule has 0 saturated heterocycles. The third-order valence-electron chi connectivity index (χ3n) is 6.78. The molecule has 0 amide bonds. The number of nitrogens with zero attached hydrogens (tertiary/aromatic N) is 4. The highest BCUT2D eigenvalue weighted by atomic mass is 79.9. The van der Waals surface area contributed by atoms with Crippen LogP contribution in [0.25, 0.3) is 22.6 Å². The van der Waals surface area contributed by atoms with Gasteiger partial charge < -0.3 is 45.4 Å². The summed E-state index contributed by atoms with van der Waals surface area (Å²) in [6.45, 7) is 7.96. The van der Waals surface area contributed by atoms with Crippen LogP contribution in [0.5, 0.6) is 0 Å². The Morgan fingerprint density at radius 1 is 0.822 bits per heavy atom. The van der Waals surface area contributed by atoms with Crippen LogP contribution in [0.15, 0.2) is 21.7 Å². The van der Waals surface area contributed by atoms with E-state index in [2.05, 4.69) is 9.97 Å². The fraction of sp³-hybridized carbons (Fsp3) is 0.517. The lowest BCUT2D eigenvalue weighted by atomic mass is 10.1. The van der Waals surface area contributed by atoms with Crippen molar-refractivity contribution in [3.8, 4) is 11.5 Å². The van der Waals surface area contributed by atoms with Gasteiger partial charge in [-0.2, -0.15) is 4.98 Å². The molecule has 0 fully saturated rings. The van der Waals surface area contributed by atoms with Crippen molar-refractivity contribution < 1.29 is 60.0 Å². The lowest BCUT2D eigenvalue weighted by Crippen LogP contribution is -3.06. The number of fused-ring (bicyclic) bond motifs is 2. The zero-order valence-corrected chi connectivity index (χ0v) is 28.1. The molecule has 1 N–H and O–H groups in total. The van der Waals surface area contributed by atoms with Crippen molar-refractivity contribution in [2.75, 3.05) is 27.2 Å². The molecule has 1 aromatic carbocycles. The van der Waals surface area contributed by atoms with Gasteiger partial charge in [0, 0.05) is 27.7 Å². The van der Waals surface area contributed by atoms with Crippen LogP contribution in [0.3, 0.4) is 0 Å². The number of benzene rings is 1. The normalized spacial score (nSPS) is 13.1. The topological polar surface area (TPSA) is 179 Å². The second-order valence-electron chi connectivity index (χ2n) is 10.8. The number of carbonyl (C=O) groups is 4. The number of hydrogen-bond donors (Lipinski definition) is 1. The van der Waals surface area contributed by atoms with Gasteiger partial charge in [-0.15, -0.1) is 0 Å². The summed E-state index contributed by atoms with van der Waals surface area (Å²) < 4.78 is 24.0. The van der Waals surface area contributed by atoms with Gasteiger partial charge >= 0.3 is 29.6 Å². The van der Waals surface area contributed by atoms with Crippen LogP contribution < -0.4 is 33.1 Å². The minimum atomic E-state index is -1.48. The fourth-order valence-electron chi connectivity index (χ4n) is 4.64. The smallest absolute Gasteiger partial charge is 0.352 e. The molecule has 0 aliphatic carbocycles. The fourth-order valence-corrected chi connectivity index (χ4v) is 4.64. The van der Waals surface area contributed by atoms with Crippen LogP contribution in [0.4, 0.5) is 0 Å². The molecule has 2 aliphatic rings. The lowest BCUT2D eigenvalue weighted by Gasteiger charge is -2.32. The number of aromatic nitrogens is 4. The summed E-state index contributed by atoms with van der Waals surface area (Å²) in [4.78, 5) is 84.8. The average Bonchev–Trinajstić information content (AvgIpc) is 2.90. The number of esters is 4. The van der Waals surface area contributed by atoms with Gasteiger partial charge in [0.05, 0.1) is 44.8 Å². The SMILES string of the molecule is CC(=O)OCC(OC(C)=O)C(OC(C)=O)C(Cn1c2nc(=O)n(CC[NH+](C)C)c(=O)c-2nc2cc(C)c(C)cc21)OC(C)=O.[Br-]. The summed E-state index contributed by atoms with van der Waals surface area (Å²) >= 11 is 0. The third-order valence-corrected chi connectivity index (χ3v) is 6.78. The van der Waals surface area contributed by atoms with E-state index in [9.17, 15) is 28.8 Å². The van der Waals surface area contributed by atoms with Gasteiger partial charge in [0.25, 0.3) is 5.56 Å². The largest absolute Gasteiger partial charge is 1.00 e. The molecule has 0 spiro atoms. The summed E-state index contributed by atoms with van der Waals surface area (Å²) in [6.07, 6.45) is -4.25. The molecule has 16 heteroatoms. The van der Waals surface area contributed by atoms with Crippen molar-refractivity contribution in [2.24, 2.45) is 0 Å². The Labute approximate surface area is 269 Å². The van der Waals surface area contributed by atoms with Crippen molar-refractivity contribution in [1.82, 2.24) is 19.1 Å². The Kier molecular flexibility index (Phi) is 12.9. The molecule has 1 aromatic rings. The van der Waals surface area contributed by atoms with Crippen molar-refractivity contribution >= 4 is 34.9 Å². The van der Waals surface area contributed by atoms with E-state index in [0.717, 1.165) is 48.3 Å². The van der Waals surface area contributed by atoms with Gasteiger partial charge in [-0.1, -0.05) is 0 Å². The highest BCUT2D eigenvalue weighted by Crippen LogP contribution is 2.26. The minimum Gasteiger partial charge on any atom is -1.00 e. The molecule has 15 nitrogen and oxygen atoms in total. The quantitative estimate of drug-likeness (QED) is 0.111. The number of quaternary nitrogens is 1. The zero-order chi connectivity index (χ0) is 32.9. The molecule has 0 radical (unpaired) electrons. The van der Waals surface area contributed by atoms with Gasteiger partial charge in [0.1, 0.15) is 6.61 Å². The molecule has 3 rings (SSSR count). The Hall–Kier alpha value is -4.18. The van der Waals surface area contributed by atoms with E-state index in [1.165, 1.54) is 4.57 Å². The van der Waals surface area contributed by atoms with Gasteiger partial charge in [0.2, 0.25) is 0 Å². The maximum absolute atomic E-state index is 13.6. The number of hydrogen-bond acceptors (Lipinski definition) is 12. The Morgan fingerprint density at radius 3 is 1.96 bits per heavy atom. The second kappa shape index (κ2) is 15.7. The van der Waals surface area contributed by atoms with Crippen molar-refractivity contribution in [1.29, 1.82) is 0 Å². The third kappa shape index (κ3) is 9.41. The average molecular weight is 697 g/mol. The summed E-state index contributed by atoms with van der Waals surface area (Å²) in [5, 5.41) is 0. The first-order chi connectivity index (χ1) is 20.6. The lowest BCUT2D eigenvalue weighted by molar-refractivity contribution is -0.859. The van der Waals surface area contributed by atoms with Crippen LogP contribution in [0.2, 0.25) is 0 Å². The standard InChI is InChI=1S/C29H37N5O10.BrH/c1-15-11-21-22(12-16(15)2)34(27-25(30-21)28(39)33(29(40)31-27)10-9-32(7)8)13-23(42-18(4)36)26(44-20(6)38)24(43-19(5)37)14-41-17(3)35;/h11-12,23-24,26H,9-10,13-14H2,1-8H3;1H. The van der Waals surface area contributed by atoms with Gasteiger partial charge in [-0.3, -0.25) is 28.5 Å². The van der Waals surface area contributed by atoms with Crippen molar-refractivity contribution in [3.63, 3.8) is 0 Å². The number of nitrogens with one attached hydrogen (secondary N) is 1. The van der Waals surface area contributed by atoms with E-state index >= 15 is 0 Å². The van der Waals surface area contributed by atoms with E-state index in [-0.39, 0.29) is 41.6 Å². The first-order valence-corrected chi connectivity index (χ1v) is 13.9. The molecule has 3 unspecified atom stereocenters. The number of aryl methyl sites for hydroxylation is 2. The molecule has 2 aliphatic heterocycles. The van der Waals surface area contributed by atoms with Gasteiger partial charge in [-0.05, 0) is 37.1 Å². The predicted octanol–water partition coefficient (Wildman–Crippen LogP) is -3.82. The monoisotopic (exact) mass is 695 g/mol. The maximum Gasteiger partial charge on any atom is 0.352 e. The van der Waals surface area contributed by atoms with Crippen molar-refractivity contribution in [3.05, 3.63) is 44.1 Å². The van der Waals surface area contributed by atoms with E-state index < -0.39 is 60.0 Å². The Morgan fingerprint density at radius 2 is 1.40 bits per heavy atom. The molecule has 3 atom stereocenters. The number of rotatable bonds is 12. The molecule has 0 saturated carbocycles. The number of carbonyl (C=O) groups excluding carboxylic acids is 4. The van der Waals surface area contributed by atoms with Crippen LogP contribution >= 0.6 is 0 Å². The summed E-state index contributed by atoms with van der Waals surface area (Å²) in [5.41, 5.74) is 1.02. The van der Waals surface area contributed by atoms with E-state index in [1.54, 1.807) is 12.1 Å². The molecule has 2 heterocycles. The maximum atomic E-state index is 13.6. The Balaban J connectivity index is 0.00000705. The first-order valence-electron chi connectivity index (χ1n) is 13.9. The summed E-state index contributed by atoms with van der Waals surface area (Å²) in [6, 6.07) is 3.55. The summed E-state index contributed by atoms with van der Waals surface area (Å²) in [5.74, 6) is -3.15.